The zero-order valence-electron chi connectivity index (χ0n) is 12.1. The van der Waals surface area contributed by atoms with Gasteiger partial charge >= 0.3 is 6.09 Å². The number of likely N-dealkylation sites (tertiary alicyclic amines) is 1. The van der Waals surface area contributed by atoms with E-state index in [0.717, 1.165) is 0 Å². The van der Waals surface area contributed by atoms with E-state index < -0.39 is 11.1 Å². The standard InChI is InChI=1S/C14H24N2O3/c1-13(2,3)19-12(18)16-9-7-14(15-4,8-10-16)6-5-11-17/h17H,5-11H2,1-3H3. The number of rotatable bonds is 3. The maximum Gasteiger partial charge on any atom is 0.410 e. The number of hydrogen-bond acceptors (Lipinski definition) is 3. The summed E-state index contributed by atoms with van der Waals surface area (Å²) in [7, 11) is 0. The van der Waals surface area contributed by atoms with Gasteiger partial charge in [-0.25, -0.2) is 11.4 Å². The van der Waals surface area contributed by atoms with Crippen molar-refractivity contribution in [2.24, 2.45) is 0 Å². The van der Waals surface area contributed by atoms with Gasteiger partial charge < -0.3 is 19.6 Å². The third-order valence-electron chi connectivity index (χ3n) is 3.38. The van der Waals surface area contributed by atoms with Crippen LogP contribution in [0.2, 0.25) is 0 Å². The van der Waals surface area contributed by atoms with Gasteiger partial charge in [0.25, 0.3) is 0 Å². The molecule has 1 amide bonds. The summed E-state index contributed by atoms with van der Waals surface area (Å²) >= 11 is 0. The lowest BCUT2D eigenvalue weighted by Gasteiger charge is -2.34. The molecule has 1 fully saturated rings. The molecular weight excluding hydrogens is 244 g/mol. The molecule has 0 radical (unpaired) electrons. The largest absolute Gasteiger partial charge is 0.444 e. The zero-order valence-corrected chi connectivity index (χ0v) is 12.1. The molecule has 1 rings (SSSR count). The van der Waals surface area contributed by atoms with Crippen molar-refractivity contribution in [2.75, 3.05) is 19.7 Å². The third kappa shape index (κ3) is 4.71. The van der Waals surface area contributed by atoms with Gasteiger partial charge in [0.05, 0.1) is 0 Å². The lowest BCUT2D eigenvalue weighted by molar-refractivity contribution is 0.0178. The van der Waals surface area contributed by atoms with E-state index >= 15 is 0 Å². The Kier molecular flexibility index (Phi) is 5.19. The van der Waals surface area contributed by atoms with E-state index in [9.17, 15) is 4.79 Å². The van der Waals surface area contributed by atoms with Gasteiger partial charge in [0.2, 0.25) is 5.54 Å². The van der Waals surface area contributed by atoms with Crippen LogP contribution in [-0.4, -0.2) is 46.9 Å². The molecule has 1 heterocycles. The molecule has 1 N–H and O–H groups in total. The molecule has 0 spiro atoms. The maximum atomic E-state index is 11.9. The van der Waals surface area contributed by atoms with Crippen molar-refractivity contribution in [3.63, 3.8) is 0 Å². The number of hydrogen-bond donors (Lipinski definition) is 1. The second kappa shape index (κ2) is 6.25. The van der Waals surface area contributed by atoms with E-state index in [1.54, 1.807) is 4.90 Å². The van der Waals surface area contributed by atoms with Crippen molar-refractivity contribution in [1.82, 2.24) is 4.90 Å². The van der Waals surface area contributed by atoms with E-state index in [0.29, 0.717) is 38.8 Å². The van der Waals surface area contributed by atoms with Gasteiger partial charge in [-0.2, -0.15) is 0 Å². The Labute approximate surface area is 115 Å². The molecule has 0 aromatic carbocycles. The number of amides is 1. The van der Waals surface area contributed by atoms with Gasteiger partial charge in [-0.1, -0.05) is 0 Å². The molecule has 0 saturated carbocycles. The van der Waals surface area contributed by atoms with Gasteiger partial charge in [0.15, 0.2) is 0 Å². The van der Waals surface area contributed by atoms with E-state index in [1.165, 1.54) is 0 Å². The summed E-state index contributed by atoms with van der Waals surface area (Å²) < 4.78 is 5.33. The molecule has 1 aliphatic heterocycles. The highest BCUT2D eigenvalue weighted by molar-refractivity contribution is 5.68. The van der Waals surface area contributed by atoms with Crippen molar-refractivity contribution >= 4 is 6.09 Å². The summed E-state index contributed by atoms with van der Waals surface area (Å²) in [5, 5.41) is 8.89. The normalized spacial score (nSPS) is 18.8. The molecule has 5 nitrogen and oxygen atoms in total. The molecule has 0 aromatic rings. The van der Waals surface area contributed by atoms with E-state index in [1.807, 2.05) is 20.8 Å². The van der Waals surface area contributed by atoms with Crippen LogP contribution in [0, 0.1) is 6.57 Å². The van der Waals surface area contributed by atoms with E-state index in [2.05, 4.69) is 4.85 Å². The first-order valence-corrected chi connectivity index (χ1v) is 6.79. The number of carbonyl (C=O) groups excluding carboxylic acids is 1. The van der Waals surface area contributed by atoms with Crippen molar-refractivity contribution in [2.45, 2.75) is 57.6 Å². The summed E-state index contributed by atoms with van der Waals surface area (Å²) in [6, 6.07) is 0. The molecule has 1 aliphatic rings. The fourth-order valence-corrected chi connectivity index (χ4v) is 2.26. The van der Waals surface area contributed by atoms with Crippen LogP contribution in [0.1, 0.15) is 46.5 Å². The van der Waals surface area contributed by atoms with Crippen LogP contribution in [0.5, 0.6) is 0 Å². The maximum absolute atomic E-state index is 11.9. The molecule has 0 aliphatic carbocycles. The second-order valence-electron chi connectivity index (χ2n) is 6.13. The molecule has 5 heteroatoms. The van der Waals surface area contributed by atoms with Crippen molar-refractivity contribution in [3.8, 4) is 0 Å². The fourth-order valence-electron chi connectivity index (χ4n) is 2.26. The third-order valence-corrected chi connectivity index (χ3v) is 3.38. The van der Waals surface area contributed by atoms with Crippen molar-refractivity contribution < 1.29 is 14.6 Å². The summed E-state index contributed by atoms with van der Waals surface area (Å²) in [6.07, 6.45) is 2.38. The molecular formula is C14H24N2O3. The minimum Gasteiger partial charge on any atom is -0.444 e. The number of aliphatic hydroxyl groups excluding tert-OH is 1. The number of aliphatic hydroxyl groups is 1. The Morgan fingerprint density at radius 3 is 2.42 bits per heavy atom. The monoisotopic (exact) mass is 268 g/mol. The smallest absolute Gasteiger partial charge is 0.410 e. The molecule has 0 atom stereocenters. The molecule has 1 saturated heterocycles. The van der Waals surface area contributed by atoms with Crippen molar-refractivity contribution in [1.29, 1.82) is 0 Å². The van der Waals surface area contributed by atoms with E-state index in [-0.39, 0.29) is 12.7 Å². The predicted octanol–water partition coefficient (Wildman–Crippen LogP) is 2.45. The Balaban J connectivity index is 2.52. The molecule has 19 heavy (non-hydrogen) atoms. The van der Waals surface area contributed by atoms with Crippen LogP contribution in [0.15, 0.2) is 0 Å². The van der Waals surface area contributed by atoms with Gasteiger partial charge in [-0.15, -0.1) is 0 Å². The molecule has 0 aromatic heterocycles. The molecule has 108 valence electrons. The Morgan fingerprint density at radius 1 is 1.42 bits per heavy atom. The summed E-state index contributed by atoms with van der Waals surface area (Å²) in [6.45, 7) is 14.1. The Hall–Kier alpha value is -1.28. The SMILES string of the molecule is [C-]#[N+]C1(CCCO)CCN(C(=O)OC(C)(C)C)CC1. The fraction of sp³-hybridized carbons (Fsp3) is 0.857. The lowest BCUT2D eigenvalue weighted by atomic mass is 9.84. The first kappa shape index (κ1) is 15.8. The highest BCUT2D eigenvalue weighted by Crippen LogP contribution is 2.31. The summed E-state index contributed by atoms with van der Waals surface area (Å²) in [4.78, 5) is 17.3. The molecule has 0 bridgehead atoms. The second-order valence-corrected chi connectivity index (χ2v) is 6.13. The Morgan fingerprint density at radius 2 is 2.00 bits per heavy atom. The van der Waals surface area contributed by atoms with E-state index in [4.69, 9.17) is 16.4 Å². The minimum absolute atomic E-state index is 0.118. The van der Waals surface area contributed by atoms with Crippen LogP contribution >= 0.6 is 0 Å². The zero-order chi connectivity index (χ0) is 14.5. The summed E-state index contributed by atoms with van der Waals surface area (Å²) in [5.74, 6) is 0. The quantitative estimate of drug-likeness (QED) is 0.800. The number of nitrogens with zero attached hydrogens (tertiary/aromatic N) is 2. The van der Waals surface area contributed by atoms with Crippen LogP contribution in [0.3, 0.4) is 0 Å². The average molecular weight is 268 g/mol. The van der Waals surface area contributed by atoms with Gasteiger partial charge in [0, 0.05) is 39.0 Å². The van der Waals surface area contributed by atoms with Gasteiger partial charge in [0.1, 0.15) is 5.60 Å². The predicted molar refractivity (Wildman–Crippen MR) is 72.7 cm³/mol. The highest BCUT2D eigenvalue weighted by atomic mass is 16.6. The Bertz CT molecular complexity index is 347. The van der Waals surface area contributed by atoms with Crippen LogP contribution in [-0.2, 0) is 4.74 Å². The lowest BCUT2D eigenvalue weighted by Crippen LogP contribution is -2.46. The van der Waals surface area contributed by atoms with Crippen LogP contribution in [0.25, 0.3) is 4.85 Å². The van der Waals surface area contributed by atoms with Gasteiger partial charge in [-0.3, -0.25) is 0 Å². The summed E-state index contributed by atoms with van der Waals surface area (Å²) in [5.41, 5.74) is -0.885. The number of carbonyl (C=O) groups is 1. The van der Waals surface area contributed by atoms with Crippen LogP contribution in [0.4, 0.5) is 4.79 Å². The van der Waals surface area contributed by atoms with Crippen LogP contribution < -0.4 is 0 Å². The molecule has 0 unspecified atom stereocenters. The van der Waals surface area contributed by atoms with Crippen molar-refractivity contribution in [3.05, 3.63) is 11.4 Å². The first-order chi connectivity index (χ1) is 8.82. The number of piperidine rings is 1. The van der Waals surface area contributed by atoms with Gasteiger partial charge in [-0.05, 0) is 27.2 Å². The highest BCUT2D eigenvalue weighted by Gasteiger charge is 2.41. The first-order valence-electron chi connectivity index (χ1n) is 6.79. The topological polar surface area (TPSA) is 54.1 Å². The number of ether oxygens (including phenoxy) is 1. The average Bonchev–Trinajstić information content (AvgIpc) is 2.35. The minimum atomic E-state index is -0.484.